The van der Waals surface area contributed by atoms with Crippen LogP contribution in [0, 0.1) is 0 Å². The lowest BCUT2D eigenvalue weighted by Crippen LogP contribution is -2.27. The number of nitrogens with zero attached hydrogens (tertiary/aromatic N) is 1. The van der Waals surface area contributed by atoms with Crippen LogP contribution in [0.4, 0.5) is 5.69 Å². The van der Waals surface area contributed by atoms with E-state index in [1.807, 2.05) is 48.5 Å². The molecular weight excluding hydrogens is 356 g/mol. The van der Waals surface area contributed by atoms with E-state index < -0.39 is 0 Å². The van der Waals surface area contributed by atoms with Crippen LogP contribution >= 0.6 is 0 Å². The number of H-pyrrole nitrogens is 1. The highest BCUT2D eigenvalue weighted by molar-refractivity contribution is 6.02. The van der Waals surface area contributed by atoms with E-state index in [1.54, 1.807) is 13.2 Å². The van der Waals surface area contributed by atoms with Gasteiger partial charge in [-0.2, -0.15) is 5.10 Å². The molecule has 0 aliphatic heterocycles. The van der Waals surface area contributed by atoms with Gasteiger partial charge in [0.05, 0.1) is 25.4 Å². The van der Waals surface area contributed by atoms with E-state index in [-0.39, 0.29) is 23.9 Å². The van der Waals surface area contributed by atoms with Crippen molar-refractivity contribution >= 4 is 17.5 Å². The SMILES string of the molecule is COc1ccccc1CC(=O)Nc1cn[nH]c1C(=O)NCCc1ccccc1. The molecule has 144 valence electrons. The van der Waals surface area contributed by atoms with Crippen LogP contribution in [0.15, 0.2) is 60.8 Å². The Morgan fingerprint density at radius 1 is 1.07 bits per heavy atom. The largest absolute Gasteiger partial charge is 0.496 e. The number of rotatable bonds is 8. The molecule has 0 spiro atoms. The molecule has 3 N–H and O–H groups in total. The lowest BCUT2D eigenvalue weighted by atomic mass is 10.1. The summed E-state index contributed by atoms with van der Waals surface area (Å²) in [7, 11) is 1.56. The first-order valence-electron chi connectivity index (χ1n) is 8.94. The third-order valence-electron chi connectivity index (χ3n) is 4.23. The number of amides is 2. The van der Waals surface area contributed by atoms with Crippen molar-refractivity contribution in [3.8, 4) is 5.75 Å². The minimum Gasteiger partial charge on any atom is -0.496 e. The van der Waals surface area contributed by atoms with Crippen molar-refractivity contribution in [1.82, 2.24) is 15.5 Å². The van der Waals surface area contributed by atoms with E-state index in [2.05, 4.69) is 20.8 Å². The molecule has 0 unspecified atom stereocenters. The van der Waals surface area contributed by atoms with Crippen LogP contribution in [0.1, 0.15) is 21.6 Å². The third-order valence-corrected chi connectivity index (χ3v) is 4.23. The van der Waals surface area contributed by atoms with Gasteiger partial charge >= 0.3 is 0 Å². The summed E-state index contributed by atoms with van der Waals surface area (Å²) in [6, 6.07) is 17.2. The highest BCUT2D eigenvalue weighted by Crippen LogP contribution is 2.19. The summed E-state index contributed by atoms with van der Waals surface area (Å²) in [4.78, 5) is 24.8. The molecule has 0 aliphatic rings. The predicted molar refractivity (Wildman–Crippen MR) is 106 cm³/mol. The molecule has 7 nitrogen and oxygen atoms in total. The highest BCUT2D eigenvalue weighted by atomic mass is 16.5. The first-order chi connectivity index (χ1) is 13.7. The molecule has 0 radical (unpaired) electrons. The number of benzene rings is 2. The Bertz CT molecular complexity index is 938. The average molecular weight is 378 g/mol. The fraction of sp³-hybridized carbons (Fsp3) is 0.190. The number of methoxy groups -OCH3 is 1. The van der Waals surface area contributed by atoms with E-state index in [0.717, 1.165) is 17.5 Å². The maximum Gasteiger partial charge on any atom is 0.271 e. The number of carbonyl (C=O) groups is 2. The summed E-state index contributed by atoms with van der Waals surface area (Å²) in [5.41, 5.74) is 2.47. The second-order valence-corrected chi connectivity index (χ2v) is 6.19. The van der Waals surface area contributed by atoms with Gasteiger partial charge in [-0.3, -0.25) is 14.7 Å². The fourth-order valence-corrected chi connectivity index (χ4v) is 2.82. The number of aromatic nitrogens is 2. The van der Waals surface area contributed by atoms with Gasteiger partial charge in [0.15, 0.2) is 0 Å². The molecule has 7 heteroatoms. The van der Waals surface area contributed by atoms with Crippen LogP contribution in [-0.2, 0) is 17.6 Å². The Morgan fingerprint density at radius 3 is 2.61 bits per heavy atom. The summed E-state index contributed by atoms with van der Waals surface area (Å²) < 4.78 is 5.26. The van der Waals surface area contributed by atoms with Crippen LogP contribution in [0.5, 0.6) is 5.75 Å². The van der Waals surface area contributed by atoms with Crippen LogP contribution < -0.4 is 15.4 Å². The molecule has 0 saturated carbocycles. The number of hydrogen-bond donors (Lipinski definition) is 3. The van der Waals surface area contributed by atoms with Gasteiger partial charge in [0.1, 0.15) is 11.4 Å². The Labute approximate surface area is 163 Å². The minimum absolute atomic E-state index is 0.129. The monoisotopic (exact) mass is 378 g/mol. The first kappa shape index (κ1) is 19.2. The van der Waals surface area contributed by atoms with Crippen LogP contribution in [0.25, 0.3) is 0 Å². The summed E-state index contributed by atoms with van der Waals surface area (Å²) in [5, 5.41) is 12.1. The van der Waals surface area contributed by atoms with E-state index in [1.165, 1.54) is 6.20 Å². The van der Waals surface area contributed by atoms with Gasteiger partial charge in [0, 0.05) is 12.1 Å². The van der Waals surface area contributed by atoms with Crippen molar-refractivity contribution in [3.63, 3.8) is 0 Å². The summed E-state index contributed by atoms with van der Waals surface area (Å²) >= 11 is 0. The molecular formula is C21H22N4O3. The maximum atomic E-state index is 12.4. The summed E-state index contributed by atoms with van der Waals surface area (Å²) in [6.07, 6.45) is 2.27. The number of para-hydroxylation sites is 1. The average Bonchev–Trinajstić information content (AvgIpc) is 3.17. The van der Waals surface area contributed by atoms with Crippen molar-refractivity contribution in [2.24, 2.45) is 0 Å². The molecule has 1 heterocycles. The third kappa shape index (κ3) is 4.97. The van der Waals surface area contributed by atoms with Crippen molar-refractivity contribution in [3.05, 3.63) is 77.6 Å². The van der Waals surface area contributed by atoms with Gasteiger partial charge in [0.2, 0.25) is 5.91 Å². The zero-order chi connectivity index (χ0) is 19.8. The Hall–Kier alpha value is -3.61. The van der Waals surface area contributed by atoms with E-state index >= 15 is 0 Å². The number of nitrogens with one attached hydrogen (secondary N) is 3. The number of ether oxygens (including phenoxy) is 1. The number of anilines is 1. The quantitative estimate of drug-likeness (QED) is 0.561. The normalized spacial score (nSPS) is 10.3. The van der Waals surface area contributed by atoms with Gasteiger partial charge in [-0.05, 0) is 18.1 Å². The van der Waals surface area contributed by atoms with E-state index in [4.69, 9.17) is 4.74 Å². The van der Waals surface area contributed by atoms with Gasteiger partial charge in [-0.25, -0.2) is 0 Å². The maximum absolute atomic E-state index is 12.4. The van der Waals surface area contributed by atoms with Gasteiger partial charge < -0.3 is 15.4 Å². The highest BCUT2D eigenvalue weighted by Gasteiger charge is 2.16. The number of hydrogen-bond acceptors (Lipinski definition) is 4. The number of aromatic amines is 1. The van der Waals surface area contributed by atoms with Gasteiger partial charge in [0.25, 0.3) is 5.91 Å². The van der Waals surface area contributed by atoms with Crippen LogP contribution in [0.2, 0.25) is 0 Å². The fourth-order valence-electron chi connectivity index (χ4n) is 2.82. The Morgan fingerprint density at radius 2 is 1.82 bits per heavy atom. The summed E-state index contributed by atoms with van der Waals surface area (Å²) in [5.74, 6) is 0.0639. The van der Waals surface area contributed by atoms with Crippen molar-refractivity contribution in [2.75, 3.05) is 19.0 Å². The van der Waals surface area contributed by atoms with E-state index in [0.29, 0.717) is 18.0 Å². The second kappa shape index (κ2) is 9.36. The molecule has 3 aromatic rings. The second-order valence-electron chi connectivity index (χ2n) is 6.19. The Balaban J connectivity index is 1.56. The molecule has 0 aliphatic carbocycles. The van der Waals surface area contributed by atoms with Crippen LogP contribution in [0.3, 0.4) is 0 Å². The van der Waals surface area contributed by atoms with Crippen molar-refractivity contribution in [2.45, 2.75) is 12.8 Å². The number of carbonyl (C=O) groups excluding carboxylic acids is 2. The smallest absolute Gasteiger partial charge is 0.271 e. The standard InChI is InChI=1S/C21H22N4O3/c1-28-18-10-6-5-9-16(18)13-19(26)24-17-14-23-25-20(17)21(27)22-12-11-15-7-3-2-4-8-15/h2-10,14H,11-13H2,1H3,(H,22,27)(H,23,25)(H,24,26). The molecule has 0 saturated heterocycles. The summed E-state index contributed by atoms with van der Waals surface area (Å²) in [6.45, 7) is 0.483. The topological polar surface area (TPSA) is 96.1 Å². The molecule has 28 heavy (non-hydrogen) atoms. The minimum atomic E-state index is -0.318. The molecule has 2 aromatic carbocycles. The molecule has 1 aromatic heterocycles. The lowest BCUT2D eigenvalue weighted by Gasteiger charge is -2.09. The first-order valence-corrected chi connectivity index (χ1v) is 8.94. The van der Waals surface area contributed by atoms with Gasteiger partial charge in [-0.15, -0.1) is 0 Å². The van der Waals surface area contributed by atoms with Crippen LogP contribution in [-0.4, -0.2) is 35.7 Å². The molecule has 2 amide bonds. The molecule has 0 fully saturated rings. The lowest BCUT2D eigenvalue weighted by molar-refractivity contribution is -0.115. The Kier molecular flexibility index (Phi) is 6.41. The van der Waals surface area contributed by atoms with Crippen molar-refractivity contribution < 1.29 is 14.3 Å². The molecule has 0 bridgehead atoms. The van der Waals surface area contributed by atoms with E-state index in [9.17, 15) is 9.59 Å². The van der Waals surface area contributed by atoms with Gasteiger partial charge in [-0.1, -0.05) is 48.5 Å². The zero-order valence-corrected chi connectivity index (χ0v) is 15.6. The van der Waals surface area contributed by atoms with Crippen molar-refractivity contribution in [1.29, 1.82) is 0 Å². The zero-order valence-electron chi connectivity index (χ0n) is 15.6. The predicted octanol–water partition coefficient (Wildman–Crippen LogP) is 2.57. The molecule has 3 rings (SSSR count). The molecule has 0 atom stereocenters.